The van der Waals surface area contributed by atoms with Crippen LogP contribution in [0, 0.1) is 5.41 Å². The van der Waals surface area contributed by atoms with Gasteiger partial charge >= 0.3 is 0 Å². The van der Waals surface area contributed by atoms with Crippen molar-refractivity contribution in [1.82, 2.24) is 5.32 Å². The van der Waals surface area contributed by atoms with Gasteiger partial charge in [0, 0.05) is 22.9 Å². The number of hydrogen-bond acceptors (Lipinski definition) is 5. The lowest BCUT2D eigenvalue weighted by Gasteiger charge is -2.39. The van der Waals surface area contributed by atoms with E-state index in [1.807, 2.05) is 24.8 Å². The van der Waals surface area contributed by atoms with E-state index in [9.17, 15) is 14.4 Å². The van der Waals surface area contributed by atoms with Gasteiger partial charge in [0.2, 0.25) is 11.8 Å². The second-order valence-electron chi connectivity index (χ2n) is 11.7. The highest BCUT2D eigenvalue weighted by molar-refractivity contribution is 7.81. The standard InChI is InChI=1S/C23H31N3O3.C6H14S.C2H6/c1-16(27)17-11-12-20-21(13-17)25(15-23(29)26(20)19-9-5-6-10-19)22(28)14-24-18-7-3-2-4-8-18;1-5(7)6(2,3)4;1-2/h11-13,18-19,24H,2-10,14-15H2,1H3;5,7H,1-4H3;1-2H3. The Bertz CT molecular complexity index is 929. The molecular weight excluding hydrogens is 494 g/mol. The average molecular weight is 546 g/mol. The molecule has 214 valence electrons. The van der Waals surface area contributed by atoms with E-state index in [-0.39, 0.29) is 36.7 Å². The molecule has 1 aromatic rings. The van der Waals surface area contributed by atoms with Crippen LogP contribution in [0.2, 0.25) is 0 Å². The molecule has 1 N–H and O–H groups in total. The first-order valence-corrected chi connectivity index (χ1v) is 15.2. The number of nitrogens with one attached hydrogen (secondary N) is 1. The van der Waals surface area contributed by atoms with Crippen molar-refractivity contribution in [2.24, 2.45) is 5.41 Å². The molecule has 6 nitrogen and oxygen atoms in total. The molecule has 0 bridgehead atoms. The van der Waals surface area contributed by atoms with E-state index in [1.54, 1.807) is 17.0 Å². The molecule has 2 fully saturated rings. The average Bonchev–Trinajstić information content (AvgIpc) is 3.42. The van der Waals surface area contributed by atoms with Crippen molar-refractivity contribution < 1.29 is 14.4 Å². The van der Waals surface area contributed by atoms with Crippen LogP contribution in [0.15, 0.2) is 18.2 Å². The number of anilines is 2. The van der Waals surface area contributed by atoms with E-state index in [1.165, 1.54) is 26.2 Å². The summed E-state index contributed by atoms with van der Waals surface area (Å²) in [4.78, 5) is 41.5. The largest absolute Gasteiger partial charge is 0.306 e. The Kier molecular flexibility index (Phi) is 12.8. The van der Waals surface area contributed by atoms with E-state index >= 15 is 0 Å². The van der Waals surface area contributed by atoms with Crippen LogP contribution in [0.25, 0.3) is 0 Å². The lowest BCUT2D eigenvalue weighted by atomic mass is 9.93. The molecule has 2 amide bonds. The summed E-state index contributed by atoms with van der Waals surface area (Å²) in [5, 5.41) is 3.88. The van der Waals surface area contributed by atoms with Gasteiger partial charge in [-0.05, 0) is 56.2 Å². The van der Waals surface area contributed by atoms with Crippen LogP contribution in [0.3, 0.4) is 0 Å². The summed E-state index contributed by atoms with van der Waals surface area (Å²) in [6.07, 6.45) is 10.1. The third-order valence-electron chi connectivity index (χ3n) is 7.89. The summed E-state index contributed by atoms with van der Waals surface area (Å²) >= 11 is 4.28. The topological polar surface area (TPSA) is 69.7 Å². The van der Waals surface area contributed by atoms with Gasteiger partial charge in [-0.1, -0.05) is 73.6 Å². The first kappa shape index (κ1) is 32.4. The van der Waals surface area contributed by atoms with Crippen LogP contribution in [-0.4, -0.2) is 48.0 Å². The predicted octanol–water partition coefficient (Wildman–Crippen LogP) is 6.81. The minimum atomic E-state index is -0.100. The summed E-state index contributed by atoms with van der Waals surface area (Å²) in [7, 11) is 0. The summed E-state index contributed by atoms with van der Waals surface area (Å²) < 4.78 is 0. The number of rotatable bonds is 5. The summed E-state index contributed by atoms with van der Waals surface area (Å²) in [5.41, 5.74) is 2.40. The van der Waals surface area contributed by atoms with Crippen molar-refractivity contribution in [1.29, 1.82) is 0 Å². The molecule has 1 atom stereocenters. The fourth-order valence-corrected chi connectivity index (χ4v) is 5.01. The van der Waals surface area contributed by atoms with Crippen LogP contribution in [-0.2, 0) is 9.59 Å². The molecule has 3 aliphatic rings. The number of ketones is 1. The summed E-state index contributed by atoms with van der Waals surface area (Å²) in [6.45, 7) is 14.5. The van der Waals surface area contributed by atoms with Gasteiger partial charge in [-0.3, -0.25) is 19.3 Å². The number of amides is 2. The van der Waals surface area contributed by atoms with E-state index < -0.39 is 0 Å². The third-order valence-corrected chi connectivity index (χ3v) is 8.66. The lowest BCUT2D eigenvalue weighted by molar-refractivity contribution is -0.122. The predicted molar refractivity (Wildman–Crippen MR) is 163 cm³/mol. The van der Waals surface area contributed by atoms with E-state index in [0.29, 0.717) is 28.0 Å². The molecule has 7 heteroatoms. The van der Waals surface area contributed by atoms with Crippen molar-refractivity contribution in [3.8, 4) is 0 Å². The number of carbonyl (C=O) groups is 3. The highest BCUT2D eigenvalue weighted by Gasteiger charge is 2.37. The van der Waals surface area contributed by atoms with Crippen molar-refractivity contribution in [2.75, 3.05) is 22.9 Å². The maximum absolute atomic E-state index is 13.1. The van der Waals surface area contributed by atoms with Gasteiger partial charge in [-0.25, -0.2) is 0 Å². The Labute approximate surface area is 236 Å². The molecule has 1 aromatic carbocycles. The van der Waals surface area contributed by atoms with E-state index in [4.69, 9.17) is 0 Å². The smallest absolute Gasteiger partial charge is 0.247 e. The van der Waals surface area contributed by atoms with Crippen LogP contribution >= 0.6 is 12.6 Å². The summed E-state index contributed by atoms with van der Waals surface area (Å²) in [6, 6.07) is 5.97. The fraction of sp³-hybridized carbons (Fsp3) is 0.710. The van der Waals surface area contributed by atoms with Crippen molar-refractivity contribution >= 4 is 41.6 Å². The molecule has 0 aromatic heterocycles. The van der Waals surface area contributed by atoms with Gasteiger partial charge < -0.3 is 10.2 Å². The minimum absolute atomic E-state index is 0.0222. The maximum Gasteiger partial charge on any atom is 0.247 e. The Morgan fingerprint density at radius 1 is 1.00 bits per heavy atom. The molecule has 0 saturated heterocycles. The van der Waals surface area contributed by atoms with Crippen LogP contribution in [0.5, 0.6) is 0 Å². The number of thiol groups is 1. The zero-order valence-electron chi connectivity index (χ0n) is 24.8. The summed E-state index contributed by atoms with van der Waals surface area (Å²) in [5.74, 6) is -0.159. The molecule has 1 aliphatic heterocycles. The quantitative estimate of drug-likeness (QED) is 0.315. The number of fused-ring (bicyclic) bond motifs is 1. The van der Waals surface area contributed by atoms with Gasteiger partial charge in [0.15, 0.2) is 5.78 Å². The van der Waals surface area contributed by atoms with Crippen LogP contribution in [0.1, 0.15) is 117 Å². The molecule has 1 heterocycles. The molecular formula is C31H51N3O3S. The molecule has 0 radical (unpaired) electrons. The normalized spacial score (nSPS) is 19.1. The Morgan fingerprint density at radius 3 is 2.08 bits per heavy atom. The SMILES string of the molecule is CC.CC(=O)c1ccc2c(c1)N(C(=O)CNC1CCCCC1)CC(=O)N2C1CCCC1.CC(S)C(C)(C)C. The number of nitrogens with zero attached hydrogens (tertiary/aromatic N) is 2. The van der Waals surface area contributed by atoms with E-state index in [2.05, 4.69) is 45.6 Å². The molecule has 2 aliphatic carbocycles. The number of benzene rings is 1. The Hall–Kier alpha value is -1.86. The molecule has 2 saturated carbocycles. The Balaban J connectivity index is 0.000000491. The van der Waals surface area contributed by atoms with Crippen LogP contribution in [0.4, 0.5) is 11.4 Å². The first-order valence-electron chi connectivity index (χ1n) is 14.7. The second kappa shape index (κ2) is 15.1. The molecule has 0 spiro atoms. The first-order chi connectivity index (χ1) is 18.0. The molecule has 38 heavy (non-hydrogen) atoms. The number of Topliss-reactive ketones (excluding diaryl/α,β-unsaturated/α-hetero) is 1. The lowest BCUT2D eigenvalue weighted by Crippen LogP contribution is -2.53. The zero-order valence-corrected chi connectivity index (χ0v) is 25.7. The van der Waals surface area contributed by atoms with Gasteiger partial charge in [-0.15, -0.1) is 0 Å². The van der Waals surface area contributed by atoms with Gasteiger partial charge in [0.25, 0.3) is 0 Å². The van der Waals surface area contributed by atoms with Crippen molar-refractivity contribution in [3.05, 3.63) is 23.8 Å². The van der Waals surface area contributed by atoms with E-state index in [0.717, 1.165) is 44.2 Å². The number of hydrogen-bond donors (Lipinski definition) is 2. The molecule has 4 rings (SSSR count). The highest BCUT2D eigenvalue weighted by atomic mass is 32.1. The van der Waals surface area contributed by atoms with Gasteiger partial charge in [0.05, 0.1) is 17.9 Å². The number of carbonyl (C=O) groups excluding carboxylic acids is 3. The van der Waals surface area contributed by atoms with Crippen LogP contribution < -0.4 is 15.1 Å². The van der Waals surface area contributed by atoms with Crippen molar-refractivity contribution in [3.63, 3.8) is 0 Å². The maximum atomic E-state index is 13.1. The Morgan fingerprint density at radius 2 is 1.55 bits per heavy atom. The zero-order chi connectivity index (χ0) is 28.5. The third kappa shape index (κ3) is 8.84. The van der Waals surface area contributed by atoms with Gasteiger partial charge in [0.1, 0.15) is 6.54 Å². The fourth-order valence-electron chi connectivity index (χ4n) is 5.01. The molecule has 1 unspecified atom stereocenters. The second-order valence-corrected chi connectivity index (χ2v) is 12.5. The highest BCUT2D eigenvalue weighted by Crippen LogP contribution is 2.39. The van der Waals surface area contributed by atoms with Crippen molar-refractivity contribution in [2.45, 2.75) is 124 Å². The van der Waals surface area contributed by atoms with Gasteiger partial charge in [-0.2, -0.15) is 12.6 Å². The monoisotopic (exact) mass is 545 g/mol. The minimum Gasteiger partial charge on any atom is -0.306 e.